The number of rotatable bonds is 11. The predicted molar refractivity (Wildman–Crippen MR) is 182 cm³/mol. The van der Waals surface area contributed by atoms with Crippen LogP contribution in [0.25, 0.3) is 0 Å². The van der Waals surface area contributed by atoms with Crippen LogP contribution in [-0.4, -0.2) is 56.4 Å². The lowest BCUT2D eigenvalue weighted by Gasteiger charge is -2.61. The molecule has 266 valence electrons. The number of carbonyl (C=O) groups excluding carboxylic acids is 3. The number of nitrogens with one attached hydrogen (secondary N) is 1. The van der Waals surface area contributed by atoms with Crippen molar-refractivity contribution in [2.24, 2.45) is 52.3 Å². The van der Waals surface area contributed by atoms with Crippen molar-refractivity contribution < 1.29 is 33.3 Å². The number of methoxy groups -OCH3 is 2. The molecule has 1 saturated heterocycles. The monoisotopic (exact) mass is 665 g/mol. The molecule has 1 aromatic carbocycles. The molecular formula is C40H59NO7. The first-order chi connectivity index (χ1) is 23.0. The molecule has 1 N–H and O–H groups in total. The van der Waals surface area contributed by atoms with Gasteiger partial charge in [0.2, 0.25) is 5.91 Å². The minimum absolute atomic E-state index is 0.136. The van der Waals surface area contributed by atoms with Gasteiger partial charge in [0.25, 0.3) is 0 Å². The van der Waals surface area contributed by atoms with Gasteiger partial charge in [-0.2, -0.15) is 0 Å². The molecule has 1 aliphatic heterocycles. The zero-order valence-corrected chi connectivity index (χ0v) is 30.1. The number of hydrogen-bond acceptors (Lipinski definition) is 7. The molecule has 4 aliphatic carbocycles. The fraction of sp³-hybridized carbons (Fsp3) is 0.775. The van der Waals surface area contributed by atoms with Crippen LogP contribution in [0.15, 0.2) is 30.3 Å². The summed E-state index contributed by atoms with van der Waals surface area (Å²) < 4.78 is 22.9. The molecule has 8 nitrogen and oxygen atoms in total. The number of ether oxygens (including phenoxy) is 4. The van der Waals surface area contributed by atoms with E-state index in [4.69, 9.17) is 14.2 Å². The molecule has 1 aromatic rings. The summed E-state index contributed by atoms with van der Waals surface area (Å²) in [6.07, 6.45) is 12.2. The quantitative estimate of drug-likeness (QED) is 0.257. The number of benzene rings is 1. The van der Waals surface area contributed by atoms with E-state index in [9.17, 15) is 14.4 Å². The smallest absolute Gasteiger partial charge is 0.328 e. The molecule has 5 aliphatic rings. The molecule has 0 radical (unpaired) electrons. The van der Waals surface area contributed by atoms with Gasteiger partial charge in [-0.05, 0) is 116 Å². The molecule has 13 atom stereocenters. The third-order valence-corrected chi connectivity index (χ3v) is 14.3. The van der Waals surface area contributed by atoms with Crippen LogP contribution in [0, 0.1) is 52.3 Å². The van der Waals surface area contributed by atoms with Gasteiger partial charge in [0.1, 0.15) is 6.04 Å². The molecule has 1 unspecified atom stereocenters. The fourth-order valence-corrected chi connectivity index (χ4v) is 11.6. The maximum atomic E-state index is 13.0. The van der Waals surface area contributed by atoms with Crippen molar-refractivity contribution in [1.82, 2.24) is 5.32 Å². The average molecular weight is 666 g/mol. The molecule has 0 spiro atoms. The highest BCUT2D eigenvalue weighted by Crippen LogP contribution is 2.70. The Morgan fingerprint density at radius 1 is 0.958 bits per heavy atom. The molecule has 5 fully saturated rings. The van der Waals surface area contributed by atoms with Crippen LogP contribution in [0.3, 0.4) is 0 Å². The minimum Gasteiger partial charge on any atom is -0.469 e. The van der Waals surface area contributed by atoms with Gasteiger partial charge in [-0.15, -0.1) is 0 Å². The summed E-state index contributed by atoms with van der Waals surface area (Å²) in [5, 5.41) is 2.70. The average Bonchev–Trinajstić information content (AvgIpc) is 3.57. The Kier molecular flexibility index (Phi) is 10.6. The van der Waals surface area contributed by atoms with Gasteiger partial charge >= 0.3 is 11.9 Å². The molecule has 0 aromatic heterocycles. The molecule has 6 rings (SSSR count). The van der Waals surface area contributed by atoms with E-state index in [1.54, 1.807) is 0 Å². The van der Waals surface area contributed by atoms with Gasteiger partial charge in [0, 0.05) is 5.92 Å². The second-order valence-corrected chi connectivity index (χ2v) is 16.6. The summed E-state index contributed by atoms with van der Waals surface area (Å²) in [5.74, 6) is 2.31. The highest BCUT2D eigenvalue weighted by Gasteiger charge is 2.65. The van der Waals surface area contributed by atoms with Gasteiger partial charge in [-0.1, -0.05) is 58.0 Å². The number of esters is 2. The third-order valence-electron chi connectivity index (χ3n) is 14.3. The molecule has 4 saturated carbocycles. The van der Waals surface area contributed by atoms with Gasteiger partial charge in [0.15, 0.2) is 0 Å². The van der Waals surface area contributed by atoms with Crippen molar-refractivity contribution in [3.05, 3.63) is 35.9 Å². The van der Waals surface area contributed by atoms with Crippen LogP contribution in [0.5, 0.6) is 0 Å². The van der Waals surface area contributed by atoms with Crippen LogP contribution >= 0.6 is 0 Å². The summed E-state index contributed by atoms with van der Waals surface area (Å²) in [6, 6.07) is 9.55. The lowest BCUT2D eigenvalue weighted by molar-refractivity contribution is -0.151. The van der Waals surface area contributed by atoms with Gasteiger partial charge in [-0.25, -0.2) is 4.79 Å². The van der Waals surface area contributed by atoms with E-state index in [1.165, 1.54) is 71.1 Å². The number of hydrogen-bond donors (Lipinski definition) is 1. The Hall–Kier alpha value is -2.45. The number of fused-ring (bicyclic) bond motifs is 7. The van der Waals surface area contributed by atoms with E-state index < -0.39 is 18.0 Å². The largest absolute Gasteiger partial charge is 0.469 e. The Morgan fingerprint density at radius 2 is 1.71 bits per heavy atom. The normalized spacial score (nSPS) is 39.6. The van der Waals surface area contributed by atoms with Gasteiger partial charge in [0.05, 0.1) is 45.6 Å². The maximum absolute atomic E-state index is 13.0. The summed E-state index contributed by atoms with van der Waals surface area (Å²) in [4.78, 5) is 37.0. The molecule has 8 heteroatoms. The van der Waals surface area contributed by atoms with E-state index in [1.807, 2.05) is 6.92 Å². The van der Waals surface area contributed by atoms with Crippen molar-refractivity contribution in [3.8, 4) is 0 Å². The fourth-order valence-electron chi connectivity index (χ4n) is 11.6. The maximum Gasteiger partial charge on any atom is 0.328 e. The summed E-state index contributed by atoms with van der Waals surface area (Å²) in [6.45, 7) is 10.2. The van der Waals surface area contributed by atoms with E-state index in [0.29, 0.717) is 41.3 Å². The molecular weight excluding hydrogens is 606 g/mol. The summed E-state index contributed by atoms with van der Waals surface area (Å²) in [5.41, 5.74) is 2.00. The van der Waals surface area contributed by atoms with Gasteiger partial charge < -0.3 is 24.3 Å². The Labute approximate surface area is 287 Å². The molecule has 1 amide bonds. The topological polar surface area (TPSA) is 100 Å². The summed E-state index contributed by atoms with van der Waals surface area (Å²) in [7, 11) is 2.50. The SMILES string of the molecule is COC(=O)CC(NC(=O)[C@@H](C)CC[C@H]1O[C@H]2C[C@H]3[C@@H]4CC[C@@H]5C[C@@H](OCc6ccccc6)CC[C@]5(C)[C@H]4CC[C@]3(C)[C@H]2[C@@H]1C)C(=O)OC. The van der Waals surface area contributed by atoms with Crippen molar-refractivity contribution in [1.29, 1.82) is 0 Å². The second-order valence-electron chi connectivity index (χ2n) is 16.6. The molecule has 48 heavy (non-hydrogen) atoms. The third kappa shape index (κ3) is 6.69. The Bertz CT molecular complexity index is 1300. The van der Waals surface area contributed by atoms with Crippen LogP contribution < -0.4 is 5.32 Å². The molecule has 1 heterocycles. The first-order valence-electron chi connectivity index (χ1n) is 18.7. The second kappa shape index (κ2) is 14.4. The highest BCUT2D eigenvalue weighted by molar-refractivity contribution is 5.88. The van der Waals surface area contributed by atoms with Crippen molar-refractivity contribution in [2.45, 2.75) is 129 Å². The Balaban J connectivity index is 1.02. The van der Waals surface area contributed by atoms with Crippen LogP contribution in [0.4, 0.5) is 0 Å². The lowest BCUT2D eigenvalue weighted by atomic mass is 9.44. The summed E-state index contributed by atoms with van der Waals surface area (Å²) >= 11 is 0. The van der Waals surface area contributed by atoms with Gasteiger partial charge in [-0.3, -0.25) is 9.59 Å². The minimum atomic E-state index is -1.05. The molecule has 0 bridgehead atoms. The van der Waals surface area contributed by atoms with Crippen molar-refractivity contribution in [2.75, 3.05) is 14.2 Å². The zero-order valence-electron chi connectivity index (χ0n) is 30.1. The van der Waals surface area contributed by atoms with Crippen molar-refractivity contribution >= 4 is 17.8 Å². The first kappa shape index (κ1) is 35.4. The van der Waals surface area contributed by atoms with E-state index >= 15 is 0 Å². The van der Waals surface area contributed by atoms with E-state index in [-0.39, 0.29) is 24.3 Å². The van der Waals surface area contributed by atoms with Crippen LogP contribution in [0.2, 0.25) is 0 Å². The van der Waals surface area contributed by atoms with Crippen LogP contribution in [0.1, 0.15) is 104 Å². The Morgan fingerprint density at radius 3 is 2.44 bits per heavy atom. The lowest BCUT2D eigenvalue weighted by Crippen LogP contribution is -2.54. The number of amides is 1. The standard InChI is InChI=1S/C40H59NO7/c1-24(37(43)41-32(38(44)46-6)22-35(42)45-5)12-15-33-25(2)36-34(48-33)21-31-29-14-13-27-20-28(47-23-26-10-8-7-9-11-26)16-18-39(27,3)30(29)17-19-40(31,36)4/h7-11,24-25,27-34,36H,12-23H2,1-6H3,(H,41,43)/t24-,25+,27+,28-,29+,30-,31-,32?,33+,34-,36-,39-,40-/m0/s1. The first-order valence-corrected chi connectivity index (χ1v) is 18.7. The van der Waals surface area contributed by atoms with Crippen molar-refractivity contribution in [3.63, 3.8) is 0 Å². The number of carbonyl (C=O) groups is 3. The zero-order chi connectivity index (χ0) is 34.2. The predicted octanol–water partition coefficient (Wildman–Crippen LogP) is 6.88. The van der Waals surface area contributed by atoms with E-state index in [2.05, 4.69) is 61.2 Å². The van der Waals surface area contributed by atoms with Crippen LogP contribution in [-0.2, 0) is 39.9 Å². The highest BCUT2D eigenvalue weighted by atomic mass is 16.5. The van der Waals surface area contributed by atoms with E-state index in [0.717, 1.165) is 36.7 Å².